The highest BCUT2D eigenvalue weighted by molar-refractivity contribution is 5.93. The molecule has 2 aliphatic rings. The average Bonchev–Trinajstić information content (AvgIpc) is 2.86. The number of ether oxygens (including phenoxy) is 3. The number of amides is 3. The number of fused-ring (bicyclic) bond motifs is 1. The molecule has 0 unspecified atom stereocenters. The van der Waals surface area contributed by atoms with E-state index in [2.05, 4.69) is 5.32 Å². The van der Waals surface area contributed by atoms with E-state index in [-0.39, 0.29) is 18.6 Å². The minimum atomic E-state index is -0.681. The Morgan fingerprint density at radius 3 is 2.53 bits per heavy atom. The van der Waals surface area contributed by atoms with Gasteiger partial charge in [0.25, 0.3) is 0 Å². The number of urea groups is 1. The molecule has 0 bridgehead atoms. The Morgan fingerprint density at radius 2 is 1.86 bits per heavy atom. The van der Waals surface area contributed by atoms with E-state index in [9.17, 15) is 9.59 Å². The molecule has 1 aromatic heterocycles. The first-order valence-corrected chi connectivity index (χ1v) is 12.5. The molecule has 194 valence electrons. The molecule has 0 radical (unpaired) electrons. The van der Waals surface area contributed by atoms with Crippen LogP contribution in [-0.2, 0) is 17.8 Å². The zero-order valence-corrected chi connectivity index (χ0v) is 21.8. The number of carbonyl (C=O) groups is 2. The number of benzene rings is 1. The van der Waals surface area contributed by atoms with Crippen LogP contribution in [0.15, 0.2) is 30.3 Å². The number of aromatic nitrogens is 1. The van der Waals surface area contributed by atoms with Crippen molar-refractivity contribution in [1.82, 2.24) is 9.88 Å². The highest BCUT2D eigenvalue weighted by atomic mass is 16.6. The number of hydrogen-bond acceptors (Lipinski definition) is 6. The van der Waals surface area contributed by atoms with Gasteiger partial charge in [-0.25, -0.2) is 14.6 Å². The fourth-order valence-electron chi connectivity index (χ4n) is 4.69. The molecule has 1 aromatic carbocycles. The Balaban J connectivity index is 1.66. The molecule has 0 spiro atoms. The van der Waals surface area contributed by atoms with Crippen LogP contribution in [0.2, 0.25) is 0 Å². The highest BCUT2D eigenvalue weighted by Crippen LogP contribution is 2.32. The predicted octanol–water partition coefficient (Wildman–Crippen LogP) is 5.72. The summed E-state index contributed by atoms with van der Waals surface area (Å²) in [6, 6.07) is 9.12. The van der Waals surface area contributed by atoms with Gasteiger partial charge in [0.05, 0.1) is 38.7 Å². The lowest BCUT2D eigenvalue weighted by molar-refractivity contribution is 0.0576. The second-order valence-corrected chi connectivity index (χ2v) is 10.3. The van der Waals surface area contributed by atoms with Crippen LogP contribution in [0, 0.1) is 0 Å². The van der Waals surface area contributed by atoms with Gasteiger partial charge in [0.1, 0.15) is 22.9 Å². The van der Waals surface area contributed by atoms with Crippen LogP contribution < -0.4 is 19.7 Å². The Bertz CT molecular complexity index is 1110. The number of anilines is 2. The summed E-state index contributed by atoms with van der Waals surface area (Å²) in [5.74, 6) is 1.70. The van der Waals surface area contributed by atoms with Gasteiger partial charge in [0.15, 0.2) is 0 Å². The highest BCUT2D eigenvalue weighted by Gasteiger charge is 2.32. The Labute approximate surface area is 212 Å². The average molecular weight is 497 g/mol. The molecule has 9 nitrogen and oxygen atoms in total. The molecule has 0 atom stereocenters. The van der Waals surface area contributed by atoms with Gasteiger partial charge in [-0.2, -0.15) is 0 Å². The number of methoxy groups -OCH3 is 2. The predicted molar refractivity (Wildman–Crippen MR) is 138 cm³/mol. The Hall–Kier alpha value is -3.49. The van der Waals surface area contributed by atoms with Crippen molar-refractivity contribution in [2.24, 2.45) is 0 Å². The topological polar surface area (TPSA) is 93.2 Å². The monoisotopic (exact) mass is 496 g/mol. The standard InChI is InChI=1S/C27H36N4O5/c1-27(2,3)36-26(33)31(16-18-11-12-20(34-4)15-23(18)35-5)24-14-13-21-22(28-24)17-30(25(32)29-21)19-9-7-6-8-10-19/h11-15,19H,6-10,16-17H2,1-5H3,(H,29,32). The largest absolute Gasteiger partial charge is 0.497 e. The van der Waals surface area contributed by atoms with Crippen molar-refractivity contribution in [3.63, 3.8) is 0 Å². The van der Waals surface area contributed by atoms with Gasteiger partial charge in [-0.1, -0.05) is 19.3 Å². The van der Waals surface area contributed by atoms with E-state index in [4.69, 9.17) is 19.2 Å². The minimum Gasteiger partial charge on any atom is -0.497 e. The minimum absolute atomic E-state index is 0.0871. The molecule has 0 saturated heterocycles. The number of nitrogens with one attached hydrogen (secondary N) is 1. The van der Waals surface area contributed by atoms with E-state index in [1.807, 2.05) is 37.8 Å². The molecular formula is C27H36N4O5. The van der Waals surface area contributed by atoms with Crippen molar-refractivity contribution in [3.05, 3.63) is 41.6 Å². The zero-order valence-electron chi connectivity index (χ0n) is 21.8. The Morgan fingerprint density at radius 1 is 1.11 bits per heavy atom. The second-order valence-electron chi connectivity index (χ2n) is 10.3. The summed E-state index contributed by atoms with van der Waals surface area (Å²) in [6.45, 7) is 6.08. The molecule has 1 aliphatic heterocycles. The first-order chi connectivity index (χ1) is 17.2. The van der Waals surface area contributed by atoms with Crippen molar-refractivity contribution >= 4 is 23.6 Å². The molecular weight excluding hydrogens is 460 g/mol. The third kappa shape index (κ3) is 5.83. The van der Waals surface area contributed by atoms with Crippen LogP contribution in [0.25, 0.3) is 0 Å². The van der Waals surface area contributed by atoms with E-state index in [0.717, 1.165) is 36.9 Å². The van der Waals surface area contributed by atoms with Gasteiger partial charge >= 0.3 is 12.1 Å². The fourth-order valence-corrected chi connectivity index (χ4v) is 4.69. The van der Waals surface area contributed by atoms with Crippen molar-refractivity contribution in [2.45, 2.75) is 77.6 Å². The summed E-state index contributed by atoms with van der Waals surface area (Å²) in [5.41, 5.74) is 1.50. The molecule has 2 aromatic rings. The van der Waals surface area contributed by atoms with Crippen LogP contribution in [0.4, 0.5) is 21.1 Å². The molecule has 1 saturated carbocycles. The molecule has 1 N–H and O–H groups in total. The number of carbonyl (C=O) groups excluding carboxylic acids is 2. The van der Waals surface area contributed by atoms with Crippen LogP contribution >= 0.6 is 0 Å². The van der Waals surface area contributed by atoms with Crippen LogP contribution in [-0.4, -0.2) is 47.9 Å². The van der Waals surface area contributed by atoms with Crippen molar-refractivity contribution in [1.29, 1.82) is 0 Å². The quantitative estimate of drug-likeness (QED) is 0.550. The molecule has 1 aliphatic carbocycles. The van der Waals surface area contributed by atoms with E-state index >= 15 is 0 Å². The van der Waals surface area contributed by atoms with Gasteiger partial charge in [0, 0.05) is 17.7 Å². The lowest BCUT2D eigenvalue weighted by atomic mass is 9.94. The summed E-state index contributed by atoms with van der Waals surface area (Å²) >= 11 is 0. The molecule has 4 rings (SSSR count). The molecule has 2 heterocycles. The smallest absolute Gasteiger partial charge is 0.416 e. The molecule has 36 heavy (non-hydrogen) atoms. The van der Waals surface area contributed by atoms with E-state index in [1.165, 1.54) is 11.3 Å². The summed E-state index contributed by atoms with van der Waals surface area (Å²) in [6.07, 6.45) is 4.96. The lowest BCUT2D eigenvalue weighted by Crippen LogP contribution is -2.46. The molecule has 9 heteroatoms. The fraction of sp³-hybridized carbons (Fsp3) is 0.519. The number of nitrogens with zero attached hydrogens (tertiary/aromatic N) is 3. The third-order valence-corrected chi connectivity index (χ3v) is 6.51. The van der Waals surface area contributed by atoms with Crippen molar-refractivity contribution < 1.29 is 23.8 Å². The van der Waals surface area contributed by atoms with Crippen LogP contribution in [0.1, 0.15) is 64.1 Å². The number of pyridine rings is 1. The van der Waals surface area contributed by atoms with Crippen LogP contribution in [0.3, 0.4) is 0 Å². The molecule has 1 fully saturated rings. The molecule has 3 amide bonds. The Kier molecular flexibility index (Phi) is 7.56. The maximum atomic E-state index is 13.3. The number of rotatable bonds is 6. The van der Waals surface area contributed by atoms with Gasteiger partial charge < -0.3 is 24.4 Å². The SMILES string of the molecule is COc1ccc(CN(C(=O)OC(C)(C)C)c2ccc3c(n2)CN(C2CCCCC2)C(=O)N3)c(OC)c1. The van der Waals surface area contributed by atoms with Gasteiger partial charge in [-0.05, 0) is 57.9 Å². The first-order valence-electron chi connectivity index (χ1n) is 12.5. The van der Waals surface area contributed by atoms with E-state index in [1.54, 1.807) is 32.4 Å². The maximum Gasteiger partial charge on any atom is 0.416 e. The summed E-state index contributed by atoms with van der Waals surface area (Å²) in [4.78, 5) is 34.3. The van der Waals surface area contributed by atoms with E-state index < -0.39 is 11.7 Å². The second kappa shape index (κ2) is 10.6. The summed E-state index contributed by atoms with van der Waals surface area (Å²) in [7, 11) is 3.17. The van der Waals surface area contributed by atoms with Crippen molar-refractivity contribution in [2.75, 3.05) is 24.4 Å². The summed E-state index contributed by atoms with van der Waals surface area (Å²) in [5, 5.41) is 2.98. The van der Waals surface area contributed by atoms with Gasteiger partial charge in [-0.3, -0.25) is 4.90 Å². The van der Waals surface area contributed by atoms with Crippen LogP contribution in [0.5, 0.6) is 11.5 Å². The normalized spacial score (nSPS) is 16.1. The maximum absolute atomic E-state index is 13.3. The lowest BCUT2D eigenvalue weighted by Gasteiger charge is -2.37. The van der Waals surface area contributed by atoms with Gasteiger partial charge in [-0.15, -0.1) is 0 Å². The zero-order chi connectivity index (χ0) is 25.9. The number of hydrogen-bond donors (Lipinski definition) is 1. The van der Waals surface area contributed by atoms with Crippen molar-refractivity contribution in [3.8, 4) is 11.5 Å². The summed E-state index contributed by atoms with van der Waals surface area (Å²) < 4.78 is 16.6. The van der Waals surface area contributed by atoms with Gasteiger partial charge in [0.2, 0.25) is 0 Å². The third-order valence-electron chi connectivity index (χ3n) is 6.51. The van der Waals surface area contributed by atoms with E-state index in [0.29, 0.717) is 29.5 Å². The first kappa shape index (κ1) is 25.6.